The number of halogens is 1. The van der Waals surface area contributed by atoms with E-state index in [-0.39, 0.29) is 36.4 Å². The summed E-state index contributed by atoms with van der Waals surface area (Å²) in [7, 11) is 3.28. The topological polar surface area (TPSA) is 74.8 Å². The summed E-state index contributed by atoms with van der Waals surface area (Å²) in [6, 6.07) is 4.17. The van der Waals surface area contributed by atoms with Crippen molar-refractivity contribution >= 4 is 47.2 Å². The van der Waals surface area contributed by atoms with Gasteiger partial charge in [-0.3, -0.25) is 9.79 Å². The predicted octanol–water partition coefficient (Wildman–Crippen LogP) is 1.10. The predicted molar refractivity (Wildman–Crippen MR) is 97.6 cm³/mol. The average molecular weight is 426 g/mol. The number of nitrogens with zero attached hydrogens (tertiary/aromatic N) is 1. The number of carbonyl (C=O) groups is 1. The van der Waals surface area contributed by atoms with E-state index in [4.69, 9.17) is 4.74 Å². The van der Waals surface area contributed by atoms with Crippen LogP contribution in [0.1, 0.15) is 9.75 Å². The van der Waals surface area contributed by atoms with Crippen LogP contribution in [0.25, 0.3) is 0 Å². The fourth-order valence-electron chi connectivity index (χ4n) is 1.49. The van der Waals surface area contributed by atoms with Gasteiger partial charge in [-0.05, 0) is 19.1 Å². The van der Waals surface area contributed by atoms with Gasteiger partial charge in [-0.15, -0.1) is 35.3 Å². The van der Waals surface area contributed by atoms with Crippen LogP contribution in [0.4, 0.5) is 0 Å². The summed E-state index contributed by atoms with van der Waals surface area (Å²) >= 11 is 1.74. The Morgan fingerprint density at radius 1 is 1.33 bits per heavy atom. The number of thiophene rings is 1. The summed E-state index contributed by atoms with van der Waals surface area (Å²) < 4.78 is 4.86. The van der Waals surface area contributed by atoms with Gasteiger partial charge in [0.05, 0.1) is 19.7 Å². The van der Waals surface area contributed by atoms with E-state index in [1.807, 2.05) is 0 Å². The molecule has 0 unspecified atom stereocenters. The number of hydrogen-bond acceptors (Lipinski definition) is 4. The largest absolute Gasteiger partial charge is 0.383 e. The molecule has 21 heavy (non-hydrogen) atoms. The summed E-state index contributed by atoms with van der Waals surface area (Å²) in [6.07, 6.45) is 0. The lowest BCUT2D eigenvalue weighted by atomic mass is 10.4. The molecule has 1 aromatic heterocycles. The van der Waals surface area contributed by atoms with Crippen LogP contribution in [0.5, 0.6) is 0 Å². The summed E-state index contributed by atoms with van der Waals surface area (Å²) in [5.74, 6) is 0.523. The maximum atomic E-state index is 11.5. The molecule has 0 aliphatic heterocycles. The lowest BCUT2D eigenvalue weighted by Crippen LogP contribution is -2.43. The summed E-state index contributed by atoms with van der Waals surface area (Å²) in [5, 5.41) is 8.86. The molecule has 120 valence electrons. The zero-order valence-corrected chi connectivity index (χ0v) is 15.7. The Balaban J connectivity index is 0.00000400. The van der Waals surface area contributed by atoms with Crippen molar-refractivity contribution in [2.24, 2.45) is 4.99 Å². The van der Waals surface area contributed by atoms with E-state index in [1.54, 1.807) is 25.5 Å². The normalized spacial score (nSPS) is 10.7. The first kappa shape index (κ1) is 20.1. The zero-order valence-electron chi connectivity index (χ0n) is 12.6. The van der Waals surface area contributed by atoms with Gasteiger partial charge in [-0.25, -0.2) is 0 Å². The minimum Gasteiger partial charge on any atom is -0.383 e. The molecular formula is C13H23IN4O2S. The average Bonchev–Trinajstić information content (AvgIpc) is 2.85. The number of methoxy groups -OCH3 is 1. The Kier molecular flexibility index (Phi) is 11.3. The second-order valence-corrected chi connectivity index (χ2v) is 5.51. The van der Waals surface area contributed by atoms with Crippen LogP contribution in [0.2, 0.25) is 0 Å². The van der Waals surface area contributed by atoms with Gasteiger partial charge in [0.1, 0.15) is 0 Å². The number of hydrogen-bond donors (Lipinski definition) is 3. The van der Waals surface area contributed by atoms with E-state index < -0.39 is 0 Å². The molecule has 1 amide bonds. The minimum atomic E-state index is -0.0861. The van der Waals surface area contributed by atoms with E-state index in [0.29, 0.717) is 25.7 Å². The summed E-state index contributed by atoms with van der Waals surface area (Å²) in [4.78, 5) is 18.1. The van der Waals surface area contributed by atoms with Gasteiger partial charge in [0.25, 0.3) is 0 Å². The molecular weight excluding hydrogens is 403 g/mol. The third-order valence-corrected chi connectivity index (χ3v) is 3.50. The van der Waals surface area contributed by atoms with Crippen LogP contribution in [-0.2, 0) is 16.1 Å². The lowest BCUT2D eigenvalue weighted by molar-refractivity contribution is -0.120. The standard InChI is InChI=1S/C13H22N4O2S.HI/c1-10-4-5-11(20-10)8-16-13(14-2)17-9-12(18)15-6-7-19-3;/h4-5H,6-9H2,1-3H3,(H,15,18)(H2,14,16,17);1H. The van der Waals surface area contributed by atoms with Gasteiger partial charge < -0.3 is 20.7 Å². The molecule has 0 saturated heterocycles. The number of amides is 1. The van der Waals surface area contributed by atoms with Crippen molar-refractivity contribution in [1.82, 2.24) is 16.0 Å². The van der Waals surface area contributed by atoms with Gasteiger partial charge in [0.15, 0.2) is 5.96 Å². The van der Waals surface area contributed by atoms with E-state index in [1.165, 1.54) is 9.75 Å². The third-order valence-electron chi connectivity index (χ3n) is 2.49. The highest BCUT2D eigenvalue weighted by atomic mass is 127. The highest BCUT2D eigenvalue weighted by Crippen LogP contribution is 2.14. The highest BCUT2D eigenvalue weighted by molar-refractivity contribution is 14.0. The van der Waals surface area contributed by atoms with E-state index in [0.717, 1.165) is 0 Å². The van der Waals surface area contributed by atoms with Crippen LogP contribution in [0.3, 0.4) is 0 Å². The number of aryl methyl sites for hydroxylation is 1. The summed E-state index contributed by atoms with van der Waals surface area (Å²) in [5.41, 5.74) is 0. The Morgan fingerprint density at radius 3 is 2.67 bits per heavy atom. The summed E-state index contributed by atoms with van der Waals surface area (Å²) in [6.45, 7) is 3.98. The van der Waals surface area contributed by atoms with Crippen molar-refractivity contribution in [3.05, 3.63) is 21.9 Å². The van der Waals surface area contributed by atoms with Crippen LogP contribution in [0, 0.1) is 6.92 Å². The van der Waals surface area contributed by atoms with Crippen LogP contribution >= 0.6 is 35.3 Å². The van der Waals surface area contributed by atoms with E-state index in [2.05, 4.69) is 40.0 Å². The van der Waals surface area contributed by atoms with Gasteiger partial charge >= 0.3 is 0 Å². The maximum Gasteiger partial charge on any atom is 0.239 e. The monoisotopic (exact) mass is 426 g/mol. The van der Waals surface area contributed by atoms with Gasteiger partial charge in [0.2, 0.25) is 5.91 Å². The molecule has 1 heterocycles. The number of nitrogens with one attached hydrogen (secondary N) is 3. The molecule has 0 aromatic carbocycles. The van der Waals surface area contributed by atoms with Gasteiger partial charge in [0, 0.05) is 30.5 Å². The SMILES string of the molecule is CN=C(NCC(=O)NCCOC)NCc1ccc(C)s1.I. The maximum absolute atomic E-state index is 11.5. The first-order chi connectivity index (χ1) is 9.65. The first-order valence-electron chi connectivity index (χ1n) is 6.41. The molecule has 0 fully saturated rings. The van der Waals surface area contributed by atoms with Crippen molar-refractivity contribution in [3.63, 3.8) is 0 Å². The first-order valence-corrected chi connectivity index (χ1v) is 7.23. The van der Waals surface area contributed by atoms with E-state index in [9.17, 15) is 4.79 Å². The van der Waals surface area contributed by atoms with Crippen molar-refractivity contribution < 1.29 is 9.53 Å². The lowest BCUT2D eigenvalue weighted by Gasteiger charge is -2.11. The van der Waals surface area contributed by atoms with Crippen molar-refractivity contribution in [3.8, 4) is 0 Å². The van der Waals surface area contributed by atoms with Crippen LogP contribution < -0.4 is 16.0 Å². The number of guanidine groups is 1. The molecule has 0 aliphatic rings. The quantitative estimate of drug-likeness (QED) is 0.264. The number of ether oxygens (including phenoxy) is 1. The molecule has 1 rings (SSSR count). The molecule has 0 radical (unpaired) electrons. The second-order valence-electron chi connectivity index (χ2n) is 4.13. The van der Waals surface area contributed by atoms with Crippen molar-refractivity contribution in [2.75, 3.05) is 33.9 Å². The van der Waals surface area contributed by atoms with Crippen molar-refractivity contribution in [2.45, 2.75) is 13.5 Å². The molecule has 1 aromatic rings. The fourth-order valence-corrected chi connectivity index (χ4v) is 2.32. The van der Waals surface area contributed by atoms with Crippen molar-refractivity contribution in [1.29, 1.82) is 0 Å². The Bertz CT molecular complexity index is 451. The fraction of sp³-hybridized carbons (Fsp3) is 0.538. The minimum absolute atomic E-state index is 0. The molecule has 0 saturated carbocycles. The highest BCUT2D eigenvalue weighted by Gasteiger charge is 2.03. The smallest absolute Gasteiger partial charge is 0.239 e. The van der Waals surface area contributed by atoms with Crippen LogP contribution in [0.15, 0.2) is 17.1 Å². The van der Waals surface area contributed by atoms with Gasteiger partial charge in [-0.2, -0.15) is 0 Å². The Morgan fingerprint density at radius 2 is 2.10 bits per heavy atom. The molecule has 0 bridgehead atoms. The van der Waals surface area contributed by atoms with Gasteiger partial charge in [-0.1, -0.05) is 0 Å². The number of aliphatic imine (C=N–C) groups is 1. The van der Waals surface area contributed by atoms with Crippen LogP contribution in [-0.4, -0.2) is 45.7 Å². The molecule has 3 N–H and O–H groups in total. The third kappa shape index (κ3) is 8.89. The molecule has 0 spiro atoms. The second kappa shape index (κ2) is 11.8. The van der Waals surface area contributed by atoms with E-state index >= 15 is 0 Å². The number of rotatable bonds is 7. The molecule has 0 aliphatic carbocycles. The zero-order chi connectivity index (χ0) is 14.8. The molecule has 6 nitrogen and oxygen atoms in total. The molecule has 0 atom stereocenters. The Labute approximate surface area is 146 Å². The number of carbonyl (C=O) groups excluding carboxylic acids is 1. The molecule has 8 heteroatoms. The Hall–Kier alpha value is -0.870.